The lowest BCUT2D eigenvalue weighted by Gasteiger charge is -2.12. The van der Waals surface area contributed by atoms with E-state index < -0.39 is 30.2 Å². The fraction of sp³-hybridized carbons (Fsp3) is 0.0625. The van der Waals surface area contributed by atoms with Gasteiger partial charge in [0.05, 0.1) is 10.2 Å². The Morgan fingerprint density at radius 2 is 2.12 bits per heavy atom. The maximum absolute atomic E-state index is 13.6. The topological polar surface area (TPSA) is 91.7 Å². The third-order valence-electron chi connectivity index (χ3n) is 3.36. The maximum Gasteiger partial charge on any atom is 0.329 e. The second kappa shape index (κ2) is 7.58. The molecule has 1 fully saturated rings. The molecular formula is C16H10BrFIN3O4. The molecule has 0 aliphatic carbocycles. The Kier molecular flexibility index (Phi) is 5.41. The summed E-state index contributed by atoms with van der Waals surface area (Å²) >= 11 is 5.24. The molecule has 0 atom stereocenters. The number of nitrogens with zero attached hydrogens (tertiary/aromatic N) is 1. The molecule has 1 aromatic heterocycles. The summed E-state index contributed by atoms with van der Waals surface area (Å²) in [5.41, 5.74) is -0.0540. The average molecular weight is 534 g/mol. The number of para-hydroxylation sites is 1. The summed E-state index contributed by atoms with van der Waals surface area (Å²) < 4.78 is 20.2. The molecule has 2 aromatic rings. The number of benzene rings is 1. The van der Waals surface area contributed by atoms with Crippen molar-refractivity contribution in [1.82, 2.24) is 10.2 Å². The van der Waals surface area contributed by atoms with Gasteiger partial charge in [0.15, 0.2) is 3.77 Å². The van der Waals surface area contributed by atoms with Gasteiger partial charge in [0.2, 0.25) is 5.91 Å². The first-order valence-corrected chi connectivity index (χ1v) is 9.06. The van der Waals surface area contributed by atoms with Crippen LogP contribution in [0.5, 0.6) is 0 Å². The molecule has 4 amide bonds. The number of carbonyl (C=O) groups excluding carboxylic acids is 3. The summed E-state index contributed by atoms with van der Waals surface area (Å²) in [6.07, 6.45) is 1.36. The molecule has 0 bridgehead atoms. The van der Waals surface area contributed by atoms with Crippen molar-refractivity contribution in [3.05, 3.63) is 55.8 Å². The van der Waals surface area contributed by atoms with Crippen LogP contribution in [0.15, 0.2) is 44.9 Å². The summed E-state index contributed by atoms with van der Waals surface area (Å²) in [5, 5.41) is 4.70. The van der Waals surface area contributed by atoms with Gasteiger partial charge in [-0.3, -0.25) is 9.59 Å². The molecule has 3 rings (SSSR count). The van der Waals surface area contributed by atoms with Gasteiger partial charge in [0.1, 0.15) is 23.8 Å². The van der Waals surface area contributed by atoms with Crippen molar-refractivity contribution in [2.75, 3.05) is 11.9 Å². The van der Waals surface area contributed by atoms with Crippen molar-refractivity contribution in [3.8, 4) is 0 Å². The van der Waals surface area contributed by atoms with Gasteiger partial charge in [-0.05, 0) is 34.1 Å². The molecule has 1 aromatic carbocycles. The van der Waals surface area contributed by atoms with E-state index in [0.29, 0.717) is 14.0 Å². The van der Waals surface area contributed by atoms with Crippen LogP contribution in [-0.4, -0.2) is 29.3 Å². The van der Waals surface area contributed by atoms with E-state index in [-0.39, 0.29) is 11.4 Å². The zero-order valence-electron chi connectivity index (χ0n) is 12.9. The van der Waals surface area contributed by atoms with Crippen LogP contribution in [0.2, 0.25) is 0 Å². The van der Waals surface area contributed by atoms with Gasteiger partial charge in [0, 0.05) is 28.7 Å². The van der Waals surface area contributed by atoms with E-state index in [4.69, 9.17) is 4.42 Å². The van der Waals surface area contributed by atoms with Crippen LogP contribution in [-0.2, 0) is 9.59 Å². The van der Waals surface area contributed by atoms with E-state index >= 15 is 0 Å². The lowest BCUT2D eigenvalue weighted by atomic mass is 10.3. The quantitative estimate of drug-likeness (QED) is 0.358. The van der Waals surface area contributed by atoms with E-state index in [1.807, 2.05) is 22.6 Å². The summed E-state index contributed by atoms with van der Waals surface area (Å²) in [5.74, 6) is -1.63. The standard InChI is InChI=1S/C16H10BrFIN3O4/c17-9-5-8(26-14(9)19)6-12-15(24)22(16(25)21-12)7-13(23)20-11-4-2-1-3-10(11)18/h1-6H,7H2,(H,20,23)(H,21,25)/b12-6-. The summed E-state index contributed by atoms with van der Waals surface area (Å²) in [7, 11) is 0. The first kappa shape index (κ1) is 18.6. The number of rotatable bonds is 4. The molecule has 2 heterocycles. The van der Waals surface area contributed by atoms with Crippen LogP contribution >= 0.6 is 38.5 Å². The molecular weight excluding hydrogens is 524 g/mol. The number of anilines is 1. The van der Waals surface area contributed by atoms with Crippen molar-refractivity contribution in [1.29, 1.82) is 0 Å². The molecule has 0 spiro atoms. The molecule has 0 unspecified atom stereocenters. The van der Waals surface area contributed by atoms with E-state index in [1.165, 1.54) is 24.3 Å². The van der Waals surface area contributed by atoms with Crippen LogP contribution in [0.25, 0.3) is 6.08 Å². The highest BCUT2D eigenvalue weighted by Crippen LogP contribution is 2.25. The number of amides is 4. The highest BCUT2D eigenvalue weighted by atomic mass is 127. The molecule has 26 heavy (non-hydrogen) atoms. The number of hydrogen-bond donors (Lipinski definition) is 2. The summed E-state index contributed by atoms with van der Waals surface area (Å²) in [4.78, 5) is 37.1. The zero-order chi connectivity index (χ0) is 18.8. The minimum Gasteiger partial charge on any atom is -0.450 e. The molecule has 2 N–H and O–H groups in total. The van der Waals surface area contributed by atoms with Gasteiger partial charge in [-0.25, -0.2) is 14.1 Å². The van der Waals surface area contributed by atoms with Crippen molar-refractivity contribution in [3.63, 3.8) is 0 Å². The fourth-order valence-corrected chi connectivity index (χ4v) is 2.90. The Hall–Kier alpha value is -2.21. The smallest absolute Gasteiger partial charge is 0.329 e. The van der Waals surface area contributed by atoms with Gasteiger partial charge < -0.3 is 15.1 Å². The van der Waals surface area contributed by atoms with Crippen LogP contribution < -0.4 is 10.6 Å². The molecule has 1 saturated heterocycles. The van der Waals surface area contributed by atoms with E-state index in [2.05, 4.69) is 26.6 Å². The normalized spacial score (nSPS) is 15.5. The second-order valence-corrected chi connectivity index (χ2v) is 7.01. The van der Waals surface area contributed by atoms with Gasteiger partial charge in [-0.15, -0.1) is 0 Å². The predicted octanol–water partition coefficient (Wildman–Crippen LogP) is 3.32. The van der Waals surface area contributed by atoms with Gasteiger partial charge in [-0.1, -0.05) is 12.1 Å². The lowest BCUT2D eigenvalue weighted by Crippen LogP contribution is -2.38. The third-order valence-corrected chi connectivity index (χ3v) is 5.49. The number of imide groups is 1. The van der Waals surface area contributed by atoms with E-state index in [1.54, 1.807) is 12.1 Å². The molecule has 0 saturated carbocycles. The molecule has 1 aliphatic heterocycles. The Bertz CT molecular complexity index is 924. The monoisotopic (exact) mass is 533 g/mol. The Labute approximate surface area is 168 Å². The fourth-order valence-electron chi connectivity index (χ4n) is 2.19. The maximum atomic E-state index is 13.6. The lowest BCUT2D eigenvalue weighted by molar-refractivity contribution is -0.127. The highest BCUT2D eigenvalue weighted by Gasteiger charge is 2.35. The Morgan fingerprint density at radius 3 is 2.77 bits per heavy atom. The first-order valence-electron chi connectivity index (χ1n) is 7.19. The molecule has 0 radical (unpaired) electrons. The zero-order valence-corrected chi connectivity index (χ0v) is 16.6. The molecule has 134 valence electrons. The number of nitrogens with one attached hydrogen (secondary N) is 2. The molecule has 10 heteroatoms. The van der Waals surface area contributed by atoms with E-state index in [9.17, 15) is 18.8 Å². The minimum absolute atomic E-state index is 0.0219. The second-order valence-electron chi connectivity index (χ2n) is 5.18. The Morgan fingerprint density at radius 1 is 1.38 bits per heavy atom. The van der Waals surface area contributed by atoms with Crippen molar-refractivity contribution in [2.45, 2.75) is 0 Å². The van der Waals surface area contributed by atoms with Crippen LogP contribution in [0.4, 0.5) is 14.9 Å². The highest BCUT2D eigenvalue weighted by molar-refractivity contribution is 14.1. The van der Waals surface area contributed by atoms with Crippen LogP contribution in [0, 0.1) is 9.58 Å². The minimum atomic E-state index is -0.745. The predicted molar refractivity (Wildman–Crippen MR) is 102 cm³/mol. The largest absolute Gasteiger partial charge is 0.450 e. The van der Waals surface area contributed by atoms with Crippen LogP contribution in [0.3, 0.4) is 0 Å². The summed E-state index contributed by atoms with van der Waals surface area (Å²) in [6.45, 7) is -0.546. The Balaban J connectivity index is 1.71. The first-order chi connectivity index (χ1) is 12.3. The van der Waals surface area contributed by atoms with Crippen molar-refractivity contribution < 1.29 is 23.2 Å². The summed E-state index contributed by atoms with van der Waals surface area (Å²) in [6, 6.07) is 6.49. The number of urea groups is 1. The number of furan rings is 1. The van der Waals surface area contributed by atoms with Gasteiger partial charge >= 0.3 is 6.03 Å². The van der Waals surface area contributed by atoms with Crippen molar-refractivity contribution >= 4 is 68.1 Å². The number of hydrogen-bond acceptors (Lipinski definition) is 4. The number of carbonyl (C=O) groups is 3. The average Bonchev–Trinajstić information content (AvgIpc) is 3.03. The SMILES string of the molecule is O=C(CN1C(=O)N/C(=C\c2cc(Br)c(I)o2)C1=O)Nc1ccccc1F. The third kappa shape index (κ3) is 3.96. The van der Waals surface area contributed by atoms with Gasteiger partial charge in [0.25, 0.3) is 5.91 Å². The van der Waals surface area contributed by atoms with Gasteiger partial charge in [-0.2, -0.15) is 0 Å². The van der Waals surface area contributed by atoms with Crippen molar-refractivity contribution in [2.24, 2.45) is 0 Å². The molecule has 7 nitrogen and oxygen atoms in total. The van der Waals surface area contributed by atoms with Crippen LogP contribution in [0.1, 0.15) is 5.76 Å². The number of halogens is 3. The molecule has 1 aliphatic rings. The van der Waals surface area contributed by atoms with E-state index in [0.717, 1.165) is 4.90 Å².